The average Bonchev–Trinajstić information content (AvgIpc) is 2.69. The van der Waals surface area contributed by atoms with Crippen LogP contribution in [0.4, 0.5) is 0 Å². The van der Waals surface area contributed by atoms with Crippen molar-refractivity contribution in [3.63, 3.8) is 0 Å². The SMILES string of the molecule is Oc1ccc(-c2cc(-c3ccccc3)cc(-c3ccc(Cl)cc3)n2)cc1. The normalized spacial score (nSPS) is 10.7. The van der Waals surface area contributed by atoms with Gasteiger partial charge in [0.05, 0.1) is 11.4 Å². The molecule has 0 saturated carbocycles. The molecule has 0 spiro atoms. The highest BCUT2D eigenvalue weighted by Crippen LogP contribution is 2.31. The lowest BCUT2D eigenvalue weighted by Crippen LogP contribution is -1.91. The van der Waals surface area contributed by atoms with Crippen LogP contribution >= 0.6 is 11.6 Å². The molecule has 0 unspecified atom stereocenters. The first-order valence-corrected chi connectivity index (χ1v) is 8.70. The summed E-state index contributed by atoms with van der Waals surface area (Å²) in [4.78, 5) is 4.83. The van der Waals surface area contributed by atoms with Crippen LogP contribution in [0, 0.1) is 0 Å². The summed E-state index contributed by atoms with van der Waals surface area (Å²) in [5.41, 5.74) is 5.92. The molecule has 0 aliphatic rings. The van der Waals surface area contributed by atoms with Crippen molar-refractivity contribution in [3.05, 3.63) is 96.0 Å². The van der Waals surface area contributed by atoms with Gasteiger partial charge in [-0.1, -0.05) is 54.1 Å². The van der Waals surface area contributed by atoms with Crippen molar-refractivity contribution in [3.8, 4) is 39.4 Å². The van der Waals surface area contributed by atoms with Crippen LogP contribution in [0.1, 0.15) is 0 Å². The van der Waals surface area contributed by atoms with E-state index in [1.807, 2.05) is 54.6 Å². The maximum absolute atomic E-state index is 9.56. The zero-order chi connectivity index (χ0) is 17.9. The van der Waals surface area contributed by atoms with E-state index in [2.05, 4.69) is 24.3 Å². The summed E-state index contributed by atoms with van der Waals surface area (Å²) < 4.78 is 0. The Bertz CT molecular complexity index is 962. The van der Waals surface area contributed by atoms with Crippen LogP contribution < -0.4 is 0 Å². The predicted octanol–water partition coefficient (Wildman–Crippen LogP) is 6.44. The minimum absolute atomic E-state index is 0.242. The lowest BCUT2D eigenvalue weighted by Gasteiger charge is -2.10. The molecule has 126 valence electrons. The van der Waals surface area contributed by atoms with Crippen molar-refractivity contribution in [1.82, 2.24) is 4.98 Å². The Hall–Kier alpha value is -3.10. The van der Waals surface area contributed by atoms with Crippen molar-refractivity contribution in [2.24, 2.45) is 0 Å². The second-order valence-electron chi connectivity index (χ2n) is 6.05. The highest BCUT2D eigenvalue weighted by Gasteiger charge is 2.09. The monoisotopic (exact) mass is 357 g/mol. The Labute approximate surface area is 157 Å². The molecule has 0 aliphatic carbocycles. The molecule has 0 bridgehead atoms. The van der Waals surface area contributed by atoms with Crippen molar-refractivity contribution in [2.45, 2.75) is 0 Å². The summed E-state index contributed by atoms with van der Waals surface area (Å²) >= 11 is 6.02. The Balaban J connectivity index is 1.89. The fourth-order valence-electron chi connectivity index (χ4n) is 2.88. The van der Waals surface area contributed by atoms with Gasteiger partial charge in [0.1, 0.15) is 5.75 Å². The summed E-state index contributed by atoms with van der Waals surface area (Å²) in [5.74, 6) is 0.242. The minimum atomic E-state index is 0.242. The Morgan fingerprint density at radius 1 is 0.577 bits per heavy atom. The highest BCUT2D eigenvalue weighted by molar-refractivity contribution is 6.30. The quantitative estimate of drug-likeness (QED) is 0.457. The van der Waals surface area contributed by atoms with Gasteiger partial charge in [-0.3, -0.25) is 0 Å². The molecule has 3 heteroatoms. The number of benzene rings is 3. The van der Waals surface area contributed by atoms with E-state index in [1.54, 1.807) is 12.1 Å². The maximum atomic E-state index is 9.56. The van der Waals surface area contributed by atoms with Gasteiger partial charge in [-0.25, -0.2) is 4.98 Å². The first kappa shape index (κ1) is 16.4. The van der Waals surface area contributed by atoms with Crippen LogP contribution in [-0.4, -0.2) is 10.1 Å². The summed E-state index contributed by atoms with van der Waals surface area (Å²) in [6.07, 6.45) is 0. The third-order valence-corrected chi connectivity index (χ3v) is 4.49. The number of nitrogens with zero attached hydrogens (tertiary/aromatic N) is 1. The van der Waals surface area contributed by atoms with Crippen LogP contribution in [0.3, 0.4) is 0 Å². The van der Waals surface area contributed by atoms with E-state index in [-0.39, 0.29) is 5.75 Å². The van der Waals surface area contributed by atoms with E-state index in [1.165, 1.54) is 0 Å². The Kier molecular flexibility index (Phi) is 4.42. The van der Waals surface area contributed by atoms with Crippen molar-refractivity contribution in [1.29, 1.82) is 0 Å². The molecule has 0 fully saturated rings. The lowest BCUT2D eigenvalue weighted by molar-refractivity contribution is 0.475. The van der Waals surface area contributed by atoms with E-state index in [4.69, 9.17) is 16.6 Å². The number of hydrogen-bond donors (Lipinski definition) is 1. The summed E-state index contributed by atoms with van der Waals surface area (Å²) in [6.45, 7) is 0. The highest BCUT2D eigenvalue weighted by atomic mass is 35.5. The van der Waals surface area contributed by atoms with Gasteiger partial charge >= 0.3 is 0 Å². The predicted molar refractivity (Wildman–Crippen MR) is 107 cm³/mol. The molecule has 2 nitrogen and oxygen atoms in total. The van der Waals surface area contributed by atoms with E-state index < -0.39 is 0 Å². The first-order valence-electron chi connectivity index (χ1n) is 8.32. The molecule has 3 aromatic carbocycles. The number of aromatic nitrogens is 1. The van der Waals surface area contributed by atoms with Gasteiger partial charge in [0.15, 0.2) is 0 Å². The number of halogens is 1. The van der Waals surface area contributed by atoms with Gasteiger partial charge in [0.25, 0.3) is 0 Å². The molecule has 0 radical (unpaired) electrons. The number of pyridine rings is 1. The standard InChI is InChI=1S/C23H16ClNO/c24-20-10-6-17(7-11-20)22-14-19(16-4-2-1-3-5-16)15-23(25-22)18-8-12-21(26)13-9-18/h1-15,26H. The second-order valence-corrected chi connectivity index (χ2v) is 6.48. The third kappa shape index (κ3) is 3.46. The van der Waals surface area contributed by atoms with Gasteiger partial charge in [0, 0.05) is 16.1 Å². The second kappa shape index (κ2) is 7.03. The molecule has 0 amide bonds. The van der Waals surface area contributed by atoms with Crippen LogP contribution in [0.2, 0.25) is 5.02 Å². The topological polar surface area (TPSA) is 33.1 Å². The summed E-state index contributed by atoms with van der Waals surface area (Å²) in [5, 5.41) is 10.3. The zero-order valence-corrected chi connectivity index (χ0v) is 14.7. The van der Waals surface area contributed by atoms with E-state index in [0.717, 1.165) is 33.6 Å². The molecule has 1 N–H and O–H groups in total. The van der Waals surface area contributed by atoms with Crippen molar-refractivity contribution in [2.75, 3.05) is 0 Å². The van der Waals surface area contributed by atoms with E-state index >= 15 is 0 Å². The summed E-state index contributed by atoms with van der Waals surface area (Å²) in [6, 6.07) is 29.2. The van der Waals surface area contributed by atoms with Crippen LogP contribution in [0.25, 0.3) is 33.6 Å². The molecule has 1 heterocycles. The largest absolute Gasteiger partial charge is 0.508 e. The molecule has 0 saturated heterocycles. The smallest absolute Gasteiger partial charge is 0.115 e. The third-order valence-electron chi connectivity index (χ3n) is 4.24. The van der Waals surface area contributed by atoms with Gasteiger partial charge in [-0.15, -0.1) is 0 Å². The molecular weight excluding hydrogens is 342 g/mol. The number of aromatic hydroxyl groups is 1. The van der Waals surface area contributed by atoms with E-state index in [0.29, 0.717) is 5.02 Å². The fourth-order valence-corrected chi connectivity index (χ4v) is 3.00. The minimum Gasteiger partial charge on any atom is -0.508 e. The van der Waals surface area contributed by atoms with Gasteiger partial charge in [0.2, 0.25) is 0 Å². The Morgan fingerprint density at radius 3 is 1.69 bits per heavy atom. The Morgan fingerprint density at radius 2 is 1.12 bits per heavy atom. The molecule has 0 atom stereocenters. The van der Waals surface area contributed by atoms with Crippen LogP contribution in [-0.2, 0) is 0 Å². The number of rotatable bonds is 3. The molecule has 0 aliphatic heterocycles. The molecular formula is C23H16ClNO. The van der Waals surface area contributed by atoms with Crippen molar-refractivity contribution >= 4 is 11.6 Å². The number of phenols is 1. The fraction of sp³-hybridized carbons (Fsp3) is 0. The maximum Gasteiger partial charge on any atom is 0.115 e. The molecule has 26 heavy (non-hydrogen) atoms. The number of phenolic OH excluding ortho intramolecular Hbond substituents is 1. The van der Waals surface area contributed by atoms with Gasteiger partial charge in [-0.05, 0) is 59.7 Å². The average molecular weight is 358 g/mol. The first-order chi connectivity index (χ1) is 12.7. The van der Waals surface area contributed by atoms with Gasteiger partial charge in [-0.2, -0.15) is 0 Å². The van der Waals surface area contributed by atoms with Gasteiger partial charge < -0.3 is 5.11 Å². The summed E-state index contributed by atoms with van der Waals surface area (Å²) in [7, 11) is 0. The number of hydrogen-bond acceptors (Lipinski definition) is 2. The molecule has 4 rings (SSSR count). The lowest BCUT2D eigenvalue weighted by atomic mass is 10.00. The molecule has 1 aromatic heterocycles. The van der Waals surface area contributed by atoms with Crippen LogP contribution in [0.15, 0.2) is 91.0 Å². The van der Waals surface area contributed by atoms with Crippen LogP contribution in [0.5, 0.6) is 5.75 Å². The molecule has 4 aromatic rings. The zero-order valence-electron chi connectivity index (χ0n) is 13.9. The van der Waals surface area contributed by atoms with Crippen molar-refractivity contribution < 1.29 is 5.11 Å². The van der Waals surface area contributed by atoms with E-state index in [9.17, 15) is 5.11 Å².